The quantitative estimate of drug-likeness (QED) is 0.789. The molecule has 0 aliphatic carbocycles. The molecule has 3 rings (SSSR count). The SMILES string of the molecule is CC(=O)N1c2ccc(-c3noc(CCN)n3)cc2[C@H](NC(=O)OC(C)C)C[C@@H]1C. The van der Waals surface area contributed by atoms with E-state index in [0.29, 0.717) is 31.1 Å². The second-order valence-corrected chi connectivity index (χ2v) is 7.45. The van der Waals surface area contributed by atoms with Gasteiger partial charge >= 0.3 is 6.09 Å². The molecule has 2 amide bonds. The zero-order chi connectivity index (χ0) is 21.1. The van der Waals surface area contributed by atoms with Crippen molar-refractivity contribution >= 4 is 17.7 Å². The van der Waals surface area contributed by atoms with Crippen molar-refractivity contribution in [2.24, 2.45) is 5.73 Å². The highest BCUT2D eigenvalue weighted by Crippen LogP contribution is 2.39. The molecule has 0 saturated heterocycles. The number of rotatable bonds is 5. The third-order valence-corrected chi connectivity index (χ3v) is 4.74. The smallest absolute Gasteiger partial charge is 0.407 e. The molecule has 1 aromatic carbocycles. The van der Waals surface area contributed by atoms with Gasteiger partial charge in [-0.15, -0.1) is 0 Å². The number of nitrogens with two attached hydrogens (primary N) is 1. The predicted molar refractivity (Wildman–Crippen MR) is 107 cm³/mol. The van der Waals surface area contributed by atoms with Crippen molar-refractivity contribution in [1.82, 2.24) is 15.5 Å². The van der Waals surface area contributed by atoms with Crippen molar-refractivity contribution < 1.29 is 18.8 Å². The lowest BCUT2D eigenvalue weighted by Gasteiger charge is -2.39. The number of alkyl carbamates (subject to hydrolysis) is 1. The summed E-state index contributed by atoms with van der Waals surface area (Å²) in [6.45, 7) is 7.50. The Morgan fingerprint density at radius 2 is 2.17 bits per heavy atom. The van der Waals surface area contributed by atoms with E-state index in [4.69, 9.17) is 15.0 Å². The average Bonchev–Trinajstić information content (AvgIpc) is 3.09. The van der Waals surface area contributed by atoms with E-state index in [2.05, 4.69) is 15.5 Å². The van der Waals surface area contributed by atoms with Gasteiger partial charge in [0.25, 0.3) is 0 Å². The summed E-state index contributed by atoms with van der Waals surface area (Å²) in [6.07, 6.45) is 0.345. The molecule has 1 aromatic heterocycles. The van der Waals surface area contributed by atoms with Crippen molar-refractivity contribution in [3.63, 3.8) is 0 Å². The zero-order valence-corrected chi connectivity index (χ0v) is 17.1. The molecule has 2 atom stereocenters. The van der Waals surface area contributed by atoms with E-state index >= 15 is 0 Å². The van der Waals surface area contributed by atoms with Gasteiger partial charge in [0, 0.05) is 37.2 Å². The first-order valence-corrected chi connectivity index (χ1v) is 9.74. The molecule has 29 heavy (non-hydrogen) atoms. The molecule has 0 bridgehead atoms. The number of ether oxygens (including phenoxy) is 1. The van der Waals surface area contributed by atoms with Gasteiger partial charge in [0.2, 0.25) is 17.6 Å². The fourth-order valence-electron chi connectivity index (χ4n) is 3.61. The fourth-order valence-corrected chi connectivity index (χ4v) is 3.61. The number of nitrogens with zero attached hydrogens (tertiary/aromatic N) is 3. The third kappa shape index (κ3) is 4.56. The fraction of sp³-hybridized carbons (Fsp3) is 0.500. The van der Waals surface area contributed by atoms with Crippen LogP contribution in [0.25, 0.3) is 11.4 Å². The number of nitrogens with one attached hydrogen (secondary N) is 1. The highest BCUT2D eigenvalue weighted by Gasteiger charge is 2.34. The van der Waals surface area contributed by atoms with E-state index in [9.17, 15) is 9.59 Å². The minimum atomic E-state index is -0.491. The molecule has 9 nitrogen and oxygen atoms in total. The molecule has 0 unspecified atom stereocenters. The second-order valence-electron chi connectivity index (χ2n) is 7.45. The number of hydrogen-bond acceptors (Lipinski definition) is 7. The molecular formula is C20H27N5O4. The van der Waals surface area contributed by atoms with Crippen LogP contribution in [0.4, 0.5) is 10.5 Å². The molecule has 9 heteroatoms. The monoisotopic (exact) mass is 401 g/mol. The van der Waals surface area contributed by atoms with Crippen LogP contribution in [0.5, 0.6) is 0 Å². The van der Waals surface area contributed by atoms with Crippen molar-refractivity contribution in [2.45, 2.75) is 58.7 Å². The van der Waals surface area contributed by atoms with Gasteiger partial charge in [0.1, 0.15) is 0 Å². The van der Waals surface area contributed by atoms with Crippen LogP contribution in [0.2, 0.25) is 0 Å². The van der Waals surface area contributed by atoms with Gasteiger partial charge in [-0.1, -0.05) is 5.16 Å². The molecule has 156 valence electrons. The number of anilines is 1. The van der Waals surface area contributed by atoms with Gasteiger partial charge < -0.3 is 25.2 Å². The summed E-state index contributed by atoms with van der Waals surface area (Å²) in [5, 5.41) is 6.93. The Hall–Kier alpha value is -2.94. The van der Waals surface area contributed by atoms with E-state index in [1.807, 2.05) is 25.1 Å². The maximum absolute atomic E-state index is 12.2. The van der Waals surface area contributed by atoms with Gasteiger partial charge in [-0.25, -0.2) is 4.79 Å². The van der Waals surface area contributed by atoms with Crippen molar-refractivity contribution in [3.05, 3.63) is 29.7 Å². The number of hydrogen-bond donors (Lipinski definition) is 2. The summed E-state index contributed by atoms with van der Waals surface area (Å²) in [6, 6.07) is 5.19. The molecule has 2 aromatic rings. The topological polar surface area (TPSA) is 124 Å². The van der Waals surface area contributed by atoms with E-state index in [-0.39, 0.29) is 24.1 Å². The Morgan fingerprint density at radius 3 is 2.83 bits per heavy atom. The van der Waals surface area contributed by atoms with Crippen LogP contribution < -0.4 is 16.0 Å². The molecule has 2 heterocycles. The molecule has 0 saturated carbocycles. The van der Waals surface area contributed by atoms with Crippen molar-refractivity contribution in [1.29, 1.82) is 0 Å². The van der Waals surface area contributed by atoms with Crippen LogP contribution in [0.15, 0.2) is 22.7 Å². The second kappa shape index (κ2) is 8.60. The Bertz CT molecular complexity index is 895. The lowest BCUT2D eigenvalue weighted by atomic mass is 9.90. The van der Waals surface area contributed by atoms with Crippen LogP contribution in [0, 0.1) is 0 Å². The lowest BCUT2D eigenvalue weighted by molar-refractivity contribution is -0.117. The average molecular weight is 401 g/mol. The Balaban J connectivity index is 1.98. The normalized spacial score (nSPS) is 18.5. The van der Waals surface area contributed by atoms with Crippen LogP contribution >= 0.6 is 0 Å². The molecule has 0 fully saturated rings. The summed E-state index contributed by atoms with van der Waals surface area (Å²) in [4.78, 5) is 30.6. The van der Waals surface area contributed by atoms with Crippen LogP contribution in [-0.4, -0.2) is 40.8 Å². The van der Waals surface area contributed by atoms with E-state index in [1.54, 1.807) is 18.7 Å². The third-order valence-electron chi connectivity index (χ3n) is 4.74. The molecule has 1 aliphatic rings. The van der Waals surface area contributed by atoms with Crippen LogP contribution in [0.3, 0.4) is 0 Å². The number of carbonyl (C=O) groups is 2. The minimum Gasteiger partial charge on any atom is -0.447 e. The highest BCUT2D eigenvalue weighted by atomic mass is 16.6. The van der Waals surface area contributed by atoms with Crippen molar-refractivity contribution in [3.8, 4) is 11.4 Å². The molecule has 0 spiro atoms. The molecule has 3 N–H and O–H groups in total. The standard InChI is InChI=1S/C20H27N5O4/c1-11(2)28-20(27)22-16-9-12(3)25(13(4)26)17-6-5-14(10-15(16)17)19-23-18(7-8-21)29-24-19/h5-6,10-12,16H,7-9,21H2,1-4H3,(H,22,27)/t12-,16+/m0/s1. The summed E-state index contributed by atoms with van der Waals surface area (Å²) in [5.41, 5.74) is 7.83. The molecule has 1 aliphatic heterocycles. The van der Waals surface area contributed by atoms with Gasteiger partial charge in [-0.2, -0.15) is 4.98 Å². The Morgan fingerprint density at radius 1 is 1.41 bits per heavy atom. The summed E-state index contributed by atoms with van der Waals surface area (Å²) in [7, 11) is 0. The predicted octanol–water partition coefficient (Wildman–Crippen LogP) is 2.56. The van der Waals surface area contributed by atoms with Gasteiger partial charge in [-0.3, -0.25) is 4.79 Å². The maximum atomic E-state index is 12.2. The minimum absolute atomic E-state index is 0.0560. The Kier molecular flexibility index (Phi) is 6.17. The van der Waals surface area contributed by atoms with Crippen LogP contribution in [-0.2, 0) is 16.0 Å². The number of aromatic nitrogens is 2. The summed E-state index contributed by atoms with van der Waals surface area (Å²) in [5.74, 6) is 0.849. The van der Waals surface area contributed by atoms with Crippen molar-refractivity contribution in [2.75, 3.05) is 11.4 Å². The number of benzene rings is 1. The van der Waals surface area contributed by atoms with Crippen LogP contribution in [0.1, 0.15) is 51.6 Å². The van der Waals surface area contributed by atoms with E-state index < -0.39 is 6.09 Å². The number of carbonyl (C=O) groups excluding carboxylic acids is 2. The lowest BCUT2D eigenvalue weighted by Crippen LogP contribution is -2.45. The largest absolute Gasteiger partial charge is 0.447 e. The molecule has 0 radical (unpaired) electrons. The number of amides is 2. The van der Waals surface area contributed by atoms with Gasteiger partial charge in [-0.05, 0) is 51.0 Å². The molecular weight excluding hydrogens is 374 g/mol. The zero-order valence-electron chi connectivity index (χ0n) is 17.1. The van der Waals surface area contributed by atoms with Gasteiger partial charge in [0.15, 0.2) is 0 Å². The first-order valence-electron chi connectivity index (χ1n) is 9.74. The summed E-state index contributed by atoms with van der Waals surface area (Å²) < 4.78 is 10.5. The van der Waals surface area contributed by atoms with E-state index in [0.717, 1.165) is 16.8 Å². The van der Waals surface area contributed by atoms with Gasteiger partial charge in [0.05, 0.1) is 12.1 Å². The maximum Gasteiger partial charge on any atom is 0.407 e. The number of fused-ring (bicyclic) bond motifs is 1. The summed E-state index contributed by atoms with van der Waals surface area (Å²) >= 11 is 0. The first-order chi connectivity index (χ1) is 13.8. The van der Waals surface area contributed by atoms with E-state index in [1.165, 1.54) is 6.92 Å². The first kappa shape index (κ1) is 20.8. The highest BCUT2D eigenvalue weighted by molar-refractivity contribution is 5.94. The Labute approximate surface area is 169 Å².